The van der Waals surface area contributed by atoms with Crippen LogP contribution in [0.15, 0.2) is 34.9 Å². The van der Waals surface area contributed by atoms with Gasteiger partial charge in [0.05, 0.1) is 5.56 Å². The van der Waals surface area contributed by atoms with E-state index in [1.165, 1.54) is 0 Å². The molecule has 1 heterocycles. The molecule has 6 nitrogen and oxygen atoms in total. The predicted molar refractivity (Wildman–Crippen MR) is 82.5 cm³/mol. The molecule has 2 aromatic rings. The van der Waals surface area contributed by atoms with Crippen molar-refractivity contribution in [3.05, 3.63) is 50.9 Å². The van der Waals surface area contributed by atoms with Crippen molar-refractivity contribution < 1.29 is 18.8 Å². The van der Waals surface area contributed by atoms with Crippen molar-refractivity contribution in [3.8, 4) is 0 Å². The topological polar surface area (TPSA) is 81.4 Å². The maximum absolute atomic E-state index is 11.9. The smallest absolute Gasteiger partial charge is 0.325 e. The molecular formula is C14H13IN2O4. The van der Waals surface area contributed by atoms with Crippen LogP contribution in [0.1, 0.15) is 21.8 Å². The summed E-state index contributed by atoms with van der Waals surface area (Å²) in [5.74, 6) is -0.197. The van der Waals surface area contributed by atoms with Crippen LogP contribution < -0.4 is 5.32 Å². The van der Waals surface area contributed by atoms with Gasteiger partial charge in [0.1, 0.15) is 24.6 Å². The van der Waals surface area contributed by atoms with Gasteiger partial charge in [-0.1, -0.05) is 17.3 Å². The second-order valence-electron chi connectivity index (χ2n) is 4.25. The molecule has 0 aliphatic carbocycles. The van der Waals surface area contributed by atoms with Crippen molar-refractivity contribution in [2.75, 3.05) is 6.54 Å². The molecule has 0 aliphatic rings. The van der Waals surface area contributed by atoms with E-state index in [9.17, 15) is 9.59 Å². The molecule has 0 fully saturated rings. The van der Waals surface area contributed by atoms with Crippen LogP contribution in [-0.4, -0.2) is 23.6 Å². The van der Waals surface area contributed by atoms with Gasteiger partial charge >= 0.3 is 5.97 Å². The number of aryl methyl sites for hydroxylation is 1. The number of amides is 1. The van der Waals surface area contributed by atoms with Crippen molar-refractivity contribution in [2.24, 2.45) is 0 Å². The number of benzene rings is 1. The van der Waals surface area contributed by atoms with E-state index >= 15 is 0 Å². The first-order chi connectivity index (χ1) is 10.1. The Morgan fingerprint density at radius 1 is 1.38 bits per heavy atom. The van der Waals surface area contributed by atoms with Gasteiger partial charge < -0.3 is 14.6 Å². The molecule has 0 atom stereocenters. The van der Waals surface area contributed by atoms with E-state index in [-0.39, 0.29) is 19.1 Å². The van der Waals surface area contributed by atoms with E-state index < -0.39 is 5.97 Å². The molecule has 0 radical (unpaired) electrons. The average Bonchev–Trinajstić information content (AvgIpc) is 2.89. The first kappa shape index (κ1) is 15.5. The summed E-state index contributed by atoms with van der Waals surface area (Å²) in [6.45, 7) is 1.58. The highest BCUT2D eigenvalue weighted by molar-refractivity contribution is 14.1. The standard InChI is InChI=1S/C14H13IN2O4/c1-9-6-10(17-21-9)8-20-13(18)7-16-14(19)11-4-2-3-5-12(11)15/h2-6H,7-8H2,1H3,(H,16,19). The maximum atomic E-state index is 11.9. The van der Waals surface area contributed by atoms with E-state index in [0.29, 0.717) is 17.0 Å². The first-order valence-corrected chi connectivity index (χ1v) is 7.24. The zero-order valence-corrected chi connectivity index (χ0v) is 13.4. The summed E-state index contributed by atoms with van der Waals surface area (Å²) in [6.07, 6.45) is 0. The lowest BCUT2D eigenvalue weighted by Crippen LogP contribution is -2.31. The van der Waals surface area contributed by atoms with Crippen molar-refractivity contribution >= 4 is 34.5 Å². The molecule has 2 rings (SSSR count). The lowest BCUT2D eigenvalue weighted by Gasteiger charge is -2.06. The summed E-state index contributed by atoms with van der Waals surface area (Å²) in [6, 6.07) is 8.80. The van der Waals surface area contributed by atoms with Crippen LogP contribution in [0.25, 0.3) is 0 Å². The maximum Gasteiger partial charge on any atom is 0.325 e. The largest absolute Gasteiger partial charge is 0.458 e. The minimum absolute atomic E-state index is 0.0227. The zero-order valence-electron chi connectivity index (χ0n) is 11.3. The Hall–Kier alpha value is -1.90. The predicted octanol–water partition coefficient (Wildman–Crippen LogP) is 2.06. The quantitative estimate of drug-likeness (QED) is 0.614. The molecule has 1 N–H and O–H groups in total. The van der Waals surface area contributed by atoms with Gasteiger partial charge in [0.2, 0.25) is 0 Å². The number of hydrogen-bond acceptors (Lipinski definition) is 5. The van der Waals surface area contributed by atoms with Gasteiger partial charge in [0.15, 0.2) is 0 Å². The van der Waals surface area contributed by atoms with E-state index in [1.54, 1.807) is 25.1 Å². The first-order valence-electron chi connectivity index (χ1n) is 6.17. The molecule has 21 heavy (non-hydrogen) atoms. The fourth-order valence-corrected chi connectivity index (χ4v) is 2.22. The van der Waals surface area contributed by atoms with E-state index in [1.807, 2.05) is 12.1 Å². The number of carbonyl (C=O) groups is 2. The Morgan fingerprint density at radius 2 is 2.14 bits per heavy atom. The van der Waals surface area contributed by atoms with Crippen molar-refractivity contribution in [1.82, 2.24) is 10.5 Å². The van der Waals surface area contributed by atoms with Gasteiger partial charge in [-0.15, -0.1) is 0 Å². The van der Waals surface area contributed by atoms with E-state index in [4.69, 9.17) is 9.26 Å². The fourth-order valence-electron chi connectivity index (χ4n) is 1.58. The fraction of sp³-hybridized carbons (Fsp3) is 0.214. The third-order valence-electron chi connectivity index (χ3n) is 2.57. The third kappa shape index (κ3) is 4.55. The number of nitrogens with one attached hydrogen (secondary N) is 1. The van der Waals surface area contributed by atoms with Crippen LogP contribution in [0.5, 0.6) is 0 Å². The lowest BCUT2D eigenvalue weighted by molar-refractivity contribution is -0.143. The number of carbonyl (C=O) groups excluding carboxylic acids is 2. The number of rotatable bonds is 5. The molecule has 1 aromatic heterocycles. The van der Waals surface area contributed by atoms with Crippen LogP contribution in [0, 0.1) is 10.5 Å². The molecule has 110 valence electrons. The van der Waals surface area contributed by atoms with Crippen molar-refractivity contribution in [1.29, 1.82) is 0 Å². The van der Waals surface area contributed by atoms with Crippen LogP contribution in [-0.2, 0) is 16.1 Å². The Morgan fingerprint density at radius 3 is 2.81 bits per heavy atom. The third-order valence-corrected chi connectivity index (χ3v) is 3.51. The van der Waals surface area contributed by atoms with Crippen LogP contribution in [0.3, 0.4) is 0 Å². The lowest BCUT2D eigenvalue weighted by atomic mass is 10.2. The zero-order chi connectivity index (χ0) is 15.2. The molecular weight excluding hydrogens is 387 g/mol. The second kappa shape index (κ2) is 7.21. The van der Waals surface area contributed by atoms with Crippen molar-refractivity contribution in [2.45, 2.75) is 13.5 Å². The van der Waals surface area contributed by atoms with E-state index in [2.05, 4.69) is 33.1 Å². The number of esters is 1. The number of hydrogen-bond donors (Lipinski definition) is 1. The monoisotopic (exact) mass is 400 g/mol. The molecule has 0 bridgehead atoms. The minimum Gasteiger partial charge on any atom is -0.458 e. The molecule has 0 saturated carbocycles. The second-order valence-corrected chi connectivity index (χ2v) is 5.41. The van der Waals surface area contributed by atoms with Gasteiger partial charge in [-0.05, 0) is 41.6 Å². The molecule has 0 saturated heterocycles. The molecule has 0 spiro atoms. The van der Waals surface area contributed by atoms with Gasteiger partial charge in [-0.25, -0.2) is 0 Å². The highest BCUT2D eigenvalue weighted by Gasteiger charge is 2.12. The molecule has 7 heteroatoms. The highest BCUT2D eigenvalue weighted by Crippen LogP contribution is 2.10. The Bertz CT molecular complexity index is 654. The summed E-state index contributed by atoms with van der Waals surface area (Å²) in [5.41, 5.74) is 1.06. The normalized spacial score (nSPS) is 10.2. The number of ether oxygens (including phenoxy) is 1. The highest BCUT2D eigenvalue weighted by atomic mass is 127. The van der Waals surface area contributed by atoms with Gasteiger partial charge in [0, 0.05) is 9.64 Å². The summed E-state index contributed by atoms with van der Waals surface area (Å²) in [7, 11) is 0. The summed E-state index contributed by atoms with van der Waals surface area (Å²) < 4.78 is 10.7. The van der Waals surface area contributed by atoms with Gasteiger partial charge in [-0.3, -0.25) is 9.59 Å². The van der Waals surface area contributed by atoms with Crippen LogP contribution >= 0.6 is 22.6 Å². The molecule has 1 amide bonds. The SMILES string of the molecule is Cc1cc(COC(=O)CNC(=O)c2ccccc2I)no1. The average molecular weight is 400 g/mol. The Labute approximate surface area is 135 Å². The number of nitrogens with zero attached hydrogens (tertiary/aromatic N) is 1. The summed E-state index contributed by atoms with van der Waals surface area (Å²) in [5, 5.41) is 6.22. The Balaban J connectivity index is 1.79. The van der Waals surface area contributed by atoms with Crippen LogP contribution in [0.4, 0.5) is 0 Å². The van der Waals surface area contributed by atoms with Crippen molar-refractivity contribution in [3.63, 3.8) is 0 Å². The van der Waals surface area contributed by atoms with Gasteiger partial charge in [0.25, 0.3) is 5.91 Å². The van der Waals surface area contributed by atoms with E-state index in [0.717, 1.165) is 3.57 Å². The van der Waals surface area contributed by atoms with Gasteiger partial charge in [-0.2, -0.15) is 0 Å². The summed E-state index contributed by atoms with van der Waals surface area (Å²) in [4.78, 5) is 23.4. The molecule has 0 unspecified atom stereocenters. The molecule has 0 aliphatic heterocycles. The Kier molecular flexibility index (Phi) is 5.32. The van der Waals surface area contributed by atoms with Crippen LogP contribution in [0.2, 0.25) is 0 Å². The minimum atomic E-state index is -0.532. The molecule has 1 aromatic carbocycles. The number of aromatic nitrogens is 1. The summed E-state index contributed by atoms with van der Waals surface area (Å²) >= 11 is 2.06. The number of halogens is 1.